The Morgan fingerprint density at radius 1 is 1.67 bits per heavy atom. The van der Waals surface area contributed by atoms with E-state index in [1.807, 2.05) is 24.8 Å². The van der Waals surface area contributed by atoms with E-state index in [4.69, 9.17) is 0 Å². The van der Waals surface area contributed by atoms with Gasteiger partial charge in [0.1, 0.15) is 0 Å². The zero-order chi connectivity index (χ0) is 6.69. The molecule has 0 atom stereocenters. The molecule has 0 aliphatic carbocycles. The highest BCUT2D eigenvalue weighted by atomic mass is 32.2. The summed E-state index contributed by atoms with van der Waals surface area (Å²) >= 11 is 1.84. The summed E-state index contributed by atoms with van der Waals surface area (Å²) in [6.45, 7) is 1.93. The highest BCUT2D eigenvalue weighted by Crippen LogP contribution is 2.18. The van der Waals surface area contributed by atoms with E-state index in [1.54, 1.807) is 0 Å². The van der Waals surface area contributed by atoms with Crippen molar-refractivity contribution in [3.05, 3.63) is 11.6 Å². The predicted octanol–water partition coefficient (Wildman–Crippen LogP) is 1.64. The van der Waals surface area contributed by atoms with Crippen LogP contribution in [-0.4, -0.2) is 17.3 Å². The van der Waals surface area contributed by atoms with Crippen molar-refractivity contribution in [1.29, 1.82) is 0 Å². The predicted molar refractivity (Wildman–Crippen MR) is 40.7 cm³/mol. The number of ketones is 1. The Bertz CT molecular complexity index is 149. The zero-order valence-electron chi connectivity index (χ0n) is 5.52. The molecule has 0 radical (unpaired) electrons. The molecule has 0 aromatic rings. The smallest absolute Gasteiger partial charge is 0.160 e. The van der Waals surface area contributed by atoms with E-state index in [0.717, 1.165) is 23.5 Å². The fourth-order valence-electron chi connectivity index (χ4n) is 0.832. The molecule has 0 aromatic heterocycles. The molecule has 1 aliphatic heterocycles. The van der Waals surface area contributed by atoms with Crippen LogP contribution >= 0.6 is 11.8 Å². The van der Waals surface area contributed by atoms with Gasteiger partial charge in [-0.15, -0.1) is 0 Å². The number of thioether (sulfide) groups is 1. The molecule has 0 N–H and O–H groups in total. The minimum atomic E-state index is 0.344. The Labute approximate surface area is 59.5 Å². The van der Waals surface area contributed by atoms with Gasteiger partial charge in [0, 0.05) is 23.5 Å². The Balaban J connectivity index is 2.60. The van der Waals surface area contributed by atoms with Gasteiger partial charge in [0.25, 0.3) is 0 Å². The quantitative estimate of drug-likeness (QED) is 0.478. The molecule has 1 saturated heterocycles. The van der Waals surface area contributed by atoms with Gasteiger partial charge < -0.3 is 0 Å². The van der Waals surface area contributed by atoms with Gasteiger partial charge in [0.2, 0.25) is 0 Å². The first-order valence-corrected chi connectivity index (χ1v) is 4.26. The van der Waals surface area contributed by atoms with Gasteiger partial charge in [0.15, 0.2) is 5.78 Å². The maximum atomic E-state index is 10.9. The first-order chi connectivity index (χ1) is 4.34. The van der Waals surface area contributed by atoms with Crippen molar-refractivity contribution in [1.82, 2.24) is 0 Å². The van der Waals surface area contributed by atoms with E-state index in [1.165, 1.54) is 0 Å². The lowest BCUT2D eigenvalue weighted by Gasteiger charge is -2.10. The Hall–Kier alpha value is -0.240. The third-order valence-corrected chi connectivity index (χ3v) is 2.45. The van der Waals surface area contributed by atoms with Gasteiger partial charge in [-0.2, -0.15) is 11.8 Å². The number of carbonyl (C=O) groups is 1. The molecule has 50 valence electrons. The average Bonchev–Trinajstić information content (AvgIpc) is 1.89. The molecule has 1 fully saturated rings. The van der Waals surface area contributed by atoms with Crippen LogP contribution in [0.3, 0.4) is 0 Å². The van der Waals surface area contributed by atoms with Crippen molar-refractivity contribution in [2.75, 3.05) is 11.5 Å². The fraction of sp³-hybridized carbons (Fsp3) is 0.571. The van der Waals surface area contributed by atoms with Crippen LogP contribution in [0.25, 0.3) is 0 Å². The Kier molecular flexibility index (Phi) is 2.34. The molecule has 0 unspecified atom stereocenters. The molecule has 0 bridgehead atoms. The van der Waals surface area contributed by atoms with E-state index in [0.29, 0.717) is 5.78 Å². The molecule has 0 aromatic carbocycles. The number of hydrogen-bond donors (Lipinski definition) is 0. The van der Waals surface area contributed by atoms with Crippen LogP contribution in [0.4, 0.5) is 0 Å². The molecule has 1 aliphatic rings. The normalized spacial score (nSPS) is 25.0. The standard InChI is InChI=1S/C7H10OS/c1-2-6-5-9-4-3-7(6)8/h2H,3-5H2,1H3/b6-2-. The average molecular weight is 142 g/mol. The second-order valence-electron chi connectivity index (χ2n) is 2.04. The highest BCUT2D eigenvalue weighted by molar-refractivity contribution is 7.99. The zero-order valence-corrected chi connectivity index (χ0v) is 6.33. The van der Waals surface area contributed by atoms with Gasteiger partial charge in [-0.1, -0.05) is 6.08 Å². The molecule has 0 amide bonds. The minimum Gasteiger partial charge on any atom is -0.295 e. The van der Waals surface area contributed by atoms with Crippen molar-refractivity contribution < 1.29 is 4.79 Å². The first-order valence-electron chi connectivity index (χ1n) is 3.10. The lowest BCUT2D eigenvalue weighted by atomic mass is 10.1. The maximum Gasteiger partial charge on any atom is 0.160 e. The van der Waals surface area contributed by atoms with Gasteiger partial charge in [-0.3, -0.25) is 4.79 Å². The number of rotatable bonds is 0. The van der Waals surface area contributed by atoms with Gasteiger partial charge >= 0.3 is 0 Å². The van der Waals surface area contributed by atoms with Crippen LogP contribution in [0.1, 0.15) is 13.3 Å². The number of hydrogen-bond acceptors (Lipinski definition) is 2. The largest absolute Gasteiger partial charge is 0.295 e. The van der Waals surface area contributed by atoms with Crippen molar-refractivity contribution >= 4 is 17.5 Å². The van der Waals surface area contributed by atoms with Crippen molar-refractivity contribution in [3.63, 3.8) is 0 Å². The molecular formula is C7H10OS. The van der Waals surface area contributed by atoms with Crippen LogP contribution in [0.5, 0.6) is 0 Å². The maximum absolute atomic E-state index is 10.9. The number of Topliss-reactive ketones (excluding diaryl/α,β-unsaturated/α-hetero) is 1. The first kappa shape index (κ1) is 6.87. The molecule has 9 heavy (non-hydrogen) atoms. The second-order valence-corrected chi connectivity index (χ2v) is 3.14. The van der Waals surface area contributed by atoms with E-state index in [2.05, 4.69) is 0 Å². The summed E-state index contributed by atoms with van der Waals surface area (Å²) in [5.74, 6) is 2.28. The van der Waals surface area contributed by atoms with Crippen molar-refractivity contribution in [2.24, 2.45) is 0 Å². The lowest BCUT2D eigenvalue weighted by Crippen LogP contribution is -2.11. The van der Waals surface area contributed by atoms with Crippen LogP contribution in [0, 0.1) is 0 Å². The van der Waals surface area contributed by atoms with Gasteiger partial charge in [-0.25, -0.2) is 0 Å². The third kappa shape index (κ3) is 1.58. The number of carbonyl (C=O) groups excluding carboxylic acids is 1. The molecular weight excluding hydrogens is 132 g/mol. The van der Waals surface area contributed by atoms with E-state index >= 15 is 0 Å². The molecule has 1 nitrogen and oxygen atoms in total. The van der Waals surface area contributed by atoms with E-state index < -0.39 is 0 Å². The van der Waals surface area contributed by atoms with E-state index in [9.17, 15) is 4.79 Å². The van der Waals surface area contributed by atoms with Crippen LogP contribution in [0.2, 0.25) is 0 Å². The van der Waals surface area contributed by atoms with Gasteiger partial charge in [-0.05, 0) is 6.92 Å². The second kappa shape index (κ2) is 3.06. The Morgan fingerprint density at radius 3 is 2.89 bits per heavy atom. The fourth-order valence-corrected chi connectivity index (χ4v) is 1.85. The molecule has 2 heteroatoms. The van der Waals surface area contributed by atoms with E-state index in [-0.39, 0.29) is 0 Å². The van der Waals surface area contributed by atoms with Crippen LogP contribution in [-0.2, 0) is 4.79 Å². The summed E-state index contributed by atoms with van der Waals surface area (Å²) in [6, 6.07) is 0. The molecule has 0 saturated carbocycles. The summed E-state index contributed by atoms with van der Waals surface area (Å²) in [5, 5.41) is 0. The van der Waals surface area contributed by atoms with Crippen molar-refractivity contribution in [2.45, 2.75) is 13.3 Å². The number of allylic oxidation sites excluding steroid dienone is 1. The monoisotopic (exact) mass is 142 g/mol. The van der Waals surface area contributed by atoms with Gasteiger partial charge in [0.05, 0.1) is 0 Å². The summed E-state index contributed by atoms with van der Waals surface area (Å²) in [4.78, 5) is 10.9. The minimum absolute atomic E-state index is 0.344. The summed E-state index contributed by atoms with van der Waals surface area (Å²) in [5.41, 5.74) is 1.01. The topological polar surface area (TPSA) is 17.1 Å². The van der Waals surface area contributed by atoms with Crippen LogP contribution < -0.4 is 0 Å². The Morgan fingerprint density at radius 2 is 2.44 bits per heavy atom. The third-order valence-electron chi connectivity index (χ3n) is 1.44. The summed E-state index contributed by atoms with van der Waals surface area (Å²) in [6.07, 6.45) is 2.67. The van der Waals surface area contributed by atoms with Crippen molar-refractivity contribution in [3.8, 4) is 0 Å². The highest BCUT2D eigenvalue weighted by Gasteiger charge is 2.12. The van der Waals surface area contributed by atoms with Crippen LogP contribution in [0.15, 0.2) is 11.6 Å². The summed E-state index contributed by atoms with van der Waals surface area (Å²) < 4.78 is 0. The molecule has 0 spiro atoms. The molecule has 1 rings (SSSR count). The SMILES string of the molecule is C/C=C1/CSCCC1=O. The summed E-state index contributed by atoms with van der Waals surface area (Å²) in [7, 11) is 0. The molecule has 1 heterocycles. The lowest BCUT2D eigenvalue weighted by molar-refractivity contribution is -0.115.